The fourth-order valence-electron chi connectivity index (χ4n) is 4.51. The molecule has 0 saturated carbocycles. The Hall–Kier alpha value is -3.55. The van der Waals surface area contributed by atoms with Crippen LogP contribution in [0.4, 0.5) is 0 Å². The summed E-state index contributed by atoms with van der Waals surface area (Å²) in [5, 5.41) is 36.2. The molecule has 1 aliphatic heterocycles. The number of carboxylic acid groups (broad SMARTS) is 1. The van der Waals surface area contributed by atoms with Crippen LogP contribution in [-0.4, -0.2) is 80.6 Å². The zero-order valence-electron chi connectivity index (χ0n) is 21.4. The summed E-state index contributed by atoms with van der Waals surface area (Å²) in [6, 6.07) is 7.32. The summed E-state index contributed by atoms with van der Waals surface area (Å²) in [5.41, 5.74) is 2.21. The van der Waals surface area contributed by atoms with Crippen molar-refractivity contribution in [3.05, 3.63) is 51.5 Å². The number of aliphatic hydroxyl groups is 1. The fraction of sp³-hybridized carbons (Fsp3) is 0.480. The highest BCUT2D eigenvalue weighted by Crippen LogP contribution is 2.33. The first-order valence-corrected chi connectivity index (χ1v) is 13.2. The number of fused-ring (bicyclic) bond motifs is 1. The van der Waals surface area contributed by atoms with Gasteiger partial charge in [0.15, 0.2) is 17.3 Å². The van der Waals surface area contributed by atoms with Gasteiger partial charge in [-0.15, -0.1) is 16.4 Å². The number of carbonyl (C=O) groups is 2. The third-order valence-electron chi connectivity index (χ3n) is 6.44. The molecule has 0 bridgehead atoms. The van der Waals surface area contributed by atoms with Crippen LogP contribution in [0.5, 0.6) is 11.5 Å². The number of nitrogens with one attached hydrogen (secondary N) is 1. The number of aliphatic carboxylic acids is 1. The molecule has 13 heteroatoms. The molecule has 0 radical (unpaired) electrons. The number of aryl methyl sites for hydroxylation is 1. The summed E-state index contributed by atoms with van der Waals surface area (Å²) in [7, 11) is 3.21. The van der Waals surface area contributed by atoms with Gasteiger partial charge in [-0.05, 0) is 58.0 Å². The lowest BCUT2D eigenvalue weighted by atomic mass is 9.98. The number of amides is 1. The number of carbonyl (C=O) groups excluding carboxylic acids is 1. The highest BCUT2D eigenvalue weighted by Gasteiger charge is 2.25. The topological polar surface area (TPSA) is 152 Å². The first kappa shape index (κ1) is 27.5. The molecule has 0 fully saturated rings. The van der Waals surface area contributed by atoms with Crippen LogP contribution in [0.25, 0.3) is 0 Å². The molecule has 2 atom stereocenters. The van der Waals surface area contributed by atoms with Crippen LogP contribution < -0.4 is 14.8 Å². The number of methoxy groups -OCH3 is 2. The molecule has 4 rings (SSSR count). The van der Waals surface area contributed by atoms with E-state index in [0.29, 0.717) is 49.8 Å². The number of hydrogen-bond acceptors (Lipinski definition) is 10. The molecule has 12 nitrogen and oxygen atoms in total. The number of ether oxygens (including phenoxy) is 2. The minimum absolute atomic E-state index is 0.0600. The molecule has 0 spiro atoms. The number of thiophene rings is 1. The standard InChI is InChI=1S/C25H32N6O6S/c1-36-19-11-16-7-9-30(15-17(16)12-20(19)37-2)22(33)6-3-8-31-25(27-28-29-31)24(21-5-4-10-38-21)26-14-18(32)13-23(34)35/h4-5,10-12,18,24,26,32H,3,6-9,13-15H2,1-2H3,(H,34,35). The molecule has 1 amide bonds. The molecule has 38 heavy (non-hydrogen) atoms. The maximum atomic E-state index is 13.0. The van der Waals surface area contributed by atoms with Crippen molar-refractivity contribution in [3.8, 4) is 11.5 Å². The predicted molar refractivity (Wildman–Crippen MR) is 138 cm³/mol. The normalized spacial score (nSPS) is 14.6. The Balaban J connectivity index is 1.36. The average Bonchev–Trinajstić information content (AvgIpc) is 3.60. The molecule has 1 aliphatic rings. The Morgan fingerprint density at radius 1 is 1.21 bits per heavy atom. The van der Waals surface area contributed by atoms with E-state index in [1.165, 1.54) is 11.3 Å². The molecule has 3 N–H and O–H groups in total. The first-order valence-electron chi connectivity index (χ1n) is 12.3. The van der Waals surface area contributed by atoms with Crippen LogP contribution in [-0.2, 0) is 29.1 Å². The Morgan fingerprint density at radius 2 is 1.97 bits per heavy atom. The van der Waals surface area contributed by atoms with Gasteiger partial charge in [0.25, 0.3) is 0 Å². The van der Waals surface area contributed by atoms with Gasteiger partial charge in [-0.25, -0.2) is 4.68 Å². The van der Waals surface area contributed by atoms with Crippen molar-refractivity contribution >= 4 is 23.2 Å². The van der Waals surface area contributed by atoms with Gasteiger partial charge in [-0.3, -0.25) is 9.59 Å². The maximum absolute atomic E-state index is 13.0. The number of benzene rings is 1. The smallest absolute Gasteiger partial charge is 0.306 e. The SMILES string of the molecule is COc1cc2c(cc1OC)CN(C(=O)CCCn1nnnc1C(NCC(O)CC(=O)O)c1cccs1)CC2. The number of nitrogens with zero attached hydrogens (tertiary/aromatic N) is 5. The summed E-state index contributed by atoms with van der Waals surface area (Å²) in [6.45, 7) is 1.66. The number of rotatable bonds is 13. The second-order valence-corrected chi connectivity index (χ2v) is 9.99. The van der Waals surface area contributed by atoms with Crippen LogP contribution >= 0.6 is 11.3 Å². The molecular formula is C25H32N6O6S. The Kier molecular flexibility index (Phi) is 9.26. The molecular weight excluding hydrogens is 512 g/mol. The molecule has 0 saturated heterocycles. The summed E-state index contributed by atoms with van der Waals surface area (Å²) in [5.74, 6) is 0.865. The van der Waals surface area contributed by atoms with Gasteiger partial charge in [-0.2, -0.15) is 0 Å². The zero-order chi connectivity index (χ0) is 27.1. The van der Waals surface area contributed by atoms with Gasteiger partial charge in [-0.1, -0.05) is 6.07 Å². The third-order valence-corrected chi connectivity index (χ3v) is 7.38. The number of aliphatic hydroxyl groups excluding tert-OH is 1. The number of carboxylic acids is 1. The highest BCUT2D eigenvalue weighted by atomic mass is 32.1. The minimum Gasteiger partial charge on any atom is -0.493 e. The lowest BCUT2D eigenvalue weighted by Crippen LogP contribution is -2.36. The number of tetrazole rings is 1. The van der Waals surface area contributed by atoms with E-state index in [0.717, 1.165) is 22.4 Å². The van der Waals surface area contributed by atoms with E-state index in [1.807, 2.05) is 34.5 Å². The van der Waals surface area contributed by atoms with E-state index in [1.54, 1.807) is 18.9 Å². The fourth-order valence-corrected chi connectivity index (χ4v) is 5.31. The van der Waals surface area contributed by atoms with E-state index in [-0.39, 0.29) is 18.9 Å². The molecule has 3 heterocycles. The van der Waals surface area contributed by atoms with Crippen LogP contribution in [0, 0.1) is 0 Å². The van der Waals surface area contributed by atoms with Gasteiger partial charge >= 0.3 is 5.97 Å². The van der Waals surface area contributed by atoms with Gasteiger partial charge in [0.2, 0.25) is 5.91 Å². The number of aromatic nitrogens is 4. The van der Waals surface area contributed by atoms with Crippen molar-refractivity contribution in [2.24, 2.45) is 0 Å². The molecule has 2 aromatic heterocycles. The minimum atomic E-state index is -1.07. The van der Waals surface area contributed by atoms with E-state index in [2.05, 4.69) is 20.8 Å². The van der Waals surface area contributed by atoms with Crippen LogP contribution in [0.15, 0.2) is 29.6 Å². The molecule has 0 aliphatic carbocycles. The predicted octanol–water partition coefficient (Wildman–Crippen LogP) is 1.63. The van der Waals surface area contributed by atoms with Crippen molar-refractivity contribution < 1.29 is 29.3 Å². The first-order chi connectivity index (χ1) is 18.4. The Bertz CT molecular complexity index is 1230. The molecule has 3 aromatic rings. The van der Waals surface area contributed by atoms with Crippen molar-refractivity contribution in [1.82, 2.24) is 30.4 Å². The molecule has 204 valence electrons. The van der Waals surface area contributed by atoms with Crippen molar-refractivity contribution in [3.63, 3.8) is 0 Å². The van der Waals surface area contributed by atoms with Crippen LogP contribution in [0.3, 0.4) is 0 Å². The van der Waals surface area contributed by atoms with E-state index < -0.39 is 18.1 Å². The average molecular weight is 545 g/mol. The second kappa shape index (κ2) is 12.8. The van der Waals surface area contributed by atoms with E-state index >= 15 is 0 Å². The van der Waals surface area contributed by atoms with E-state index in [9.17, 15) is 14.7 Å². The van der Waals surface area contributed by atoms with Gasteiger partial charge in [0.05, 0.1) is 26.7 Å². The number of hydrogen-bond donors (Lipinski definition) is 3. The Morgan fingerprint density at radius 3 is 2.66 bits per heavy atom. The third kappa shape index (κ3) is 6.65. The Labute approximate surface area is 224 Å². The lowest BCUT2D eigenvalue weighted by Gasteiger charge is -2.29. The van der Waals surface area contributed by atoms with Gasteiger partial charge in [0.1, 0.15) is 6.04 Å². The summed E-state index contributed by atoms with van der Waals surface area (Å²) >= 11 is 1.50. The second-order valence-electron chi connectivity index (χ2n) is 9.01. The van der Waals surface area contributed by atoms with Crippen molar-refractivity contribution in [1.29, 1.82) is 0 Å². The maximum Gasteiger partial charge on any atom is 0.306 e. The van der Waals surface area contributed by atoms with Gasteiger partial charge < -0.3 is 29.9 Å². The summed E-state index contributed by atoms with van der Waals surface area (Å²) in [6.07, 6.45) is 0.230. The van der Waals surface area contributed by atoms with Crippen molar-refractivity contribution in [2.45, 2.75) is 50.9 Å². The van der Waals surface area contributed by atoms with Crippen molar-refractivity contribution in [2.75, 3.05) is 27.3 Å². The summed E-state index contributed by atoms with van der Waals surface area (Å²) < 4.78 is 12.5. The lowest BCUT2D eigenvalue weighted by molar-refractivity contribution is -0.139. The van der Waals surface area contributed by atoms with E-state index in [4.69, 9.17) is 14.6 Å². The summed E-state index contributed by atoms with van der Waals surface area (Å²) in [4.78, 5) is 26.7. The van der Waals surface area contributed by atoms with Crippen LogP contribution in [0.2, 0.25) is 0 Å². The van der Waals surface area contributed by atoms with Crippen LogP contribution in [0.1, 0.15) is 47.1 Å². The largest absolute Gasteiger partial charge is 0.493 e. The highest BCUT2D eigenvalue weighted by molar-refractivity contribution is 7.10. The molecule has 1 aromatic carbocycles. The quantitative estimate of drug-likeness (QED) is 0.289. The monoisotopic (exact) mass is 544 g/mol. The zero-order valence-corrected chi connectivity index (χ0v) is 22.2. The molecule has 2 unspecified atom stereocenters. The van der Waals surface area contributed by atoms with Gasteiger partial charge in [0, 0.05) is 37.5 Å².